The van der Waals surface area contributed by atoms with Crippen molar-refractivity contribution >= 4 is 22.6 Å². The molecule has 1 atom stereocenters. The van der Waals surface area contributed by atoms with E-state index in [1.807, 2.05) is 0 Å². The number of nitrogens with zero attached hydrogens (tertiary/aromatic N) is 3. The van der Waals surface area contributed by atoms with E-state index in [-0.39, 0.29) is 36.1 Å². The SMILES string of the molecule is Cc1cc(C(=O)Cc2ccc(Oc3ccnc4[nH]nc(N[C@H](C)CO)c34)c(F)c2)c(=O)n(-c2cccc(F)c2)c1. The molecule has 0 aliphatic heterocycles. The number of pyridine rings is 2. The fraction of sp³-hybridized carbons (Fsp3) is 0.172. The lowest BCUT2D eigenvalue weighted by Gasteiger charge is -2.13. The fourth-order valence-electron chi connectivity index (χ4n) is 4.26. The predicted molar refractivity (Wildman–Crippen MR) is 145 cm³/mol. The number of carbonyl (C=O) groups is 1. The van der Waals surface area contributed by atoms with E-state index < -0.39 is 23.0 Å². The summed E-state index contributed by atoms with van der Waals surface area (Å²) in [5, 5.41) is 19.8. The molecule has 0 amide bonds. The molecule has 204 valence electrons. The van der Waals surface area contributed by atoms with Crippen LogP contribution in [0.15, 0.2) is 71.8 Å². The normalized spacial score (nSPS) is 11.9. The number of ether oxygens (including phenoxy) is 1. The van der Waals surface area contributed by atoms with Crippen molar-refractivity contribution in [1.29, 1.82) is 0 Å². The van der Waals surface area contributed by atoms with Crippen LogP contribution in [0.25, 0.3) is 16.7 Å². The third-order valence-corrected chi connectivity index (χ3v) is 6.20. The van der Waals surface area contributed by atoms with Crippen molar-refractivity contribution in [3.05, 3.63) is 106 Å². The number of hydrogen-bond donors (Lipinski definition) is 3. The highest BCUT2D eigenvalue weighted by molar-refractivity contribution is 5.97. The van der Waals surface area contributed by atoms with Gasteiger partial charge in [-0.2, -0.15) is 5.10 Å². The van der Waals surface area contributed by atoms with Crippen molar-refractivity contribution < 1.29 is 23.4 Å². The maximum atomic E-state index is 15.1. The second-order valence-electron chi connectivity index (χ2n) is 9.39. The van der Waals surface area contributed by atoms with E-state index in [2.05, 4.69) is 20.5 Å². The zero-order valence-corrected chi connectivity index (χ0v) is 21.6. The summed E-state index contributed by atoms with van der Waals surface area (Å²) in [5.74, 6) is -1.14. The van der Waals surface area contributed by atoms with Crippen LogP contribution in [0.3, 0.4) is 0 Å². The van der Waals surface area contributed by atoms with Crippen molar-refractivity contribution in [3.8, 4) is 17.2 Å². The van der Waals surface area contributed by atoms with E-state index >= 15 is 4.39 Å². The zero-order valence-electron chi connectivity index (χ0n) is 21.6. The Hall–Kier alpha value is -4.90. The summed E-state index contributed by atoms with van der Waals surface area (Å²) < 4.78 is 35.9. The average molecular weight is 546 g/mol. The van der Waals surface area contributed by atoms with Gasteiger partial charge in [-0.05, 0) is 61.4 Å². The van der Waals surface area contributed by atoms with Gasteiger partial charge in [0.25, 0.3) is 5.56 Å². The van der Waals surface area contributed by atoms with Crippen molar-refractivity contribution in [3.63, 3.8) is 0 Å². The summed E-state index contributed by atoms with van der Waals surface area (Å²) in [6.07, 6.45) is 2.78. The summed E-state index contributed by atoms with van der Waals surface area (Å²) in [5.41, 5.74) is 1.00. The smallest absolute Gasteiger partial charge is 0.265 e. The third-order valence-electron chi connectivity index (χ3n) is 6.20. The van der Waals surface area contributed by atoms with Gasteiger partial charge in [0.1, 0.15) is 17.0 Å². The van der Waals surface area contributed by atoms with E-state index in [0.29, 0.717) is 33.7 Å². The van der Waals surface area contributed by atoms with E-state index in [9.17, 15) is 19.1 Å². The Morgan fingerprint density at radius 1 is 1.15 bits per heavy atom. The van der Waals surface area contributed by atoms with Crippen LogP contribution in [-0.4, -0.2) is 43.3 Å². The summed E-state index contributed by atoms with van der Waals surface area (Å²) >= 11 is 0. The average Bonchev–Trinajstić information content (AvgIpc) is 3.34. The summed E-state index contributed by atoms with van der Waals surface area (Å²) in [7, 11) is 0. The van der Waals surface area contributed by atoms with Gasteiger partial charge in [0, 0.05) is 30.9 Å². The third kappa shape index (κ3) is 5.45. The van der Waals surface area contributed by atoms with Crippen LogP contribution >= 0.6 is 0 Å². The molecule has 0 aliphatic carbocycles. The molecule has 0 aliphatic rings. The first-order valence-electron chi connectivity index (χ1n) is 12.4. The minimum Gasteiger partial charge on any atom is -0.453 e. The quantitative estimate of drug-likeness (QED) is 0.229. The number of aromatic amines is 1. The van der Waals surface area contributed by atoms with Crippen LogP contribution in [0.5, 0.6) is 11.5 Å². The number of fused-ring (bicyclic) bond motifs is 1. The molecule has 0 saturated carbocycles. The molecule has 5 rings (SSSR count). The number of aliphatic hydroxyl groups excluding tert-OH is 1. The first-order valence-corrected chi connectivity index (χ1v) is 12.4. The standard InChI is InChI=1S/C29H25F2N5O4/c1-16-10-21(29(39)36(14-16)20-5-3-4-19(30)13-20)23(38)12-18-6-7-24(22(31)11-18)40-25-8-9-32-27-26(25)28(35-34-27)33-17(2)15-37/h3-11,13-14,17,37H,12,15H2,1-2H3,(H2,32,33,34,35)/t17-/m1/s1. The maximum absolute atomic E-state index is 15.1. The first kappa shape index (κ1) is 26.7. The molecule has 0 bridgehead atoms. The molecule has 11 heteroatoms. The van der Waals surface area contributed by atoms with Gasteiger partial charge < -0.3 is 15.2 Å². The van der Waals surface area contributed by atoms with Crippen LogP contribution in [0.4, 0.5) is 14.6 Å². The molecule has 3 heterocycles. The number of aryl methyl sites for hydroxylation is 1. The van der Waals surface area contributed by atoms with Gasteiger partial charge in [0.15, 0.2) is 28.8 Å². The van der Waals surface area contributed by atoms with Gasteiger partial charge >= 0.3 is 0 Å². The molecule has 5 aromatic rings. The zero-order chi connectivity index (χ0) is 28.4. The molecule has 2 aromatic carbocycles. The Morgan fingerprint density at radius 3 is 2.73 bits per heavy atom. The van der Waals surface area contributed by atoms with E-state index in [4.69, 9.17) is 4.74 Å². The highest BCUT2D eigenvalue weighted by Crippen LogP contribution is 2.34. The number of Topliss-reactive ketones (excluding diaryl/α,β-unsaturated/α-hetero) is 1. The maximum Gasteiger partial charge on any atom is 0.265 e. The topological polar surface area (TPSA) is 122 Å². The molecular weight excluding hydrogens is 520 g/mol. The second kappa shape index (κ2) is 11.1. The summed E-state index contributed by atoms with van der Waals surface area (Å²) in [4.78, 5) is 30.4. The Labute approximate surface area is 227 Å². The molecule has 0 radical (unpaired) electrons. The van der Waals surface area contributed by atoms with Crippen LogP contribution in [0.1, 0.15) is 28.4 Å². The minimum atomic E-state index is -0.710. The molecule has 0 unspecified atom stereocenters. The van der Waals surface area contributed by atoms with E-state index in [1.54, 1.807) is 26.0 Å². The number of nitrogens with one attached hydrogen (secondary N) is 2. The molecule has 3 N–H and O–H groups in total. The molecular formula is C29H25F2N5O4. The van der Waals surface area contributed by atoms with Gasteiger partial charge in [0.2, 0.25) is 0 Å². The number of carbonyl (C=O) groups excluding carboxylic acids is 1. The lowest BCUT2D eigenvalue weighted by Crippen LogP contribution is -2.26. The van der Waals surface area contributed by atoms with Crippen LogP contribution in [-0.2, 0) is 6.42 Å². The van der Waals surface area contributed by atoms with Crippen molar-refractivity contribution in [2.75, 3.05) is 11.9 Å². The summed E-state index contributed by atoms with van der Waals surface area (Å²) in [6.45, 7) is 3.37. The Balaban J connectivity index is 1.39. The fourth-order valence-corrected chi connectivity index (χ4v) is 4.26. The highest BCUT2D eigenvalue weighted by atomic mass is 19.1. The number of rotatable bonds is 9. The molecule has 0 saturated heterocycles. The van der Waals surface area contributed by atoms with Crippen LogP contribution in [0.2, 0.25) is 0 Å². The molecule has 40 heavy (non-hydrogen) atoms. The Bertz CT molecular complexity index is 1780. The minimum absolute atomic E-state index is 0.0822. The Kier molecular flexibility index (Phi) is 7.39. The number of aliphatic hydroxyl groups is 1. The van der Waals surface area contributed by atoms with Crippen molar-refractivity contribution in [2.24, 2.45) is 0 Å². The Morgan fingerprint density at radius 2 is 1.98 bits per heavy atom. The van der Waals surface area contributed by atoms with Gasteiger partial charge in [-0.15, -0.1) is 0 Å². The van der Waals surface area contributed by atoms with Crippen molar-refractivity contribution in [1.82, 2.24) is 19.7 Å². The van der Waals surface area contributed by atoms with Crippen LogP contribution in [0, 0.1) is 18.6 Å². The molecule has 0 fully saturated rings. The lowest BCUT2D eigenvalue weighted by atomic mass is 10.0. The number of aromatic nitrogens is 4. The molecule has 9 nitrogen and oxygen atoms in total. The monoisotopic (exact) mass is 545 g/mol. The number of anilines is 1. The van der Waals surface area contributed by atoms with Crippen LogP contribution < -0.4 is 15.6 Å². The highest BCUT2D eigenvalue weighted by Gasteiger charge is 2.19. The molecule has 3 aromatic heterocycles. The van der Waals surface area contributed by atoms with Gasteiger partial charge in [-0.1, -0.05) is 12.1 Å². The number of halogens is 2. The summed E-state index contributed by atoms with van der Waals surface area (Å²) in [6, 6.07) is 12.4. The van der Waals surface area contributed by atoms with E-state index in [1.165, 1.54) is 59.4 Å². The largest absolute Gasteiger partial charge is 0.453 e. The number of ketones is 1. The second-order valence-corrected chi connectivity index (χ2v) is 9.39. The first-order chi connectivity index (χ1) is 19.2. The van der Waals surface area contributed by atoms with Gasteiger partial charge in [-0.3, -0.25) is 19.3 Å². The van der Waals surface area contributed by atoms with Crippen molar-refractivity contribution in [2.45, 2.75) is 26.3 Å². The number of H-pyrrole nitrogens is 1. The van der Waals surface area contributed by atoms with Gasteiger partial charge in [0.05, 0.1) is 17.9 Å². The molecule has 0 spiro atoms. The number of hydrogen-bond acceptors (Lipinski definition) is 7. The predicted octanol–water partition coefficient (Wildman–Crippen LogP) is 4.71. The van der Waals surface area contributed by atoms with Gasteiger partial charge in [-0.25, -0.2) is 13.8 Å². The number of benzene rings is 2. The van der Waals surface area contributed by atoms with E-state index in [0.717, 1.165) is 0 Å². The lowest BCUT2D eigenvalue weighted by molar-refractivity contribution is 0.0991.